The Balaban J connectivity index is 1.78. The van der Waals surface area contributed by atoms with E-state index in [0.29, 0.717) is 0 Å². The van der Waals surface area contributed by atoms with E-state index in [-0.39, 0.29) is 0 Å². The number of nitrogens with one attached hydrogen (secondary N) is 1. The third-order valence-electron chi connectivity index (χ3n) is 3.42. The normalized spacial score (nSPS) is 16.0. The maximum atomic E-state index is 4.18. The Kier molecular flexibility index (Phi) is 3.73. The van der Waals surface area contributed by atoms with Gasteiger partial charge in [0.2, 0.25) is 0 Å². The van der Waals surface area contributed by atoms with E-state index in [1.165, 1.54) is 5.39 Å². The van der Waals surface area contributed by atoms with Gasteiger partial charge in [0, 0.05) is 49.5 Å². The molecule has 0 spiro atoms. The molecule has 1 aliphatic rings. The lowest BCUT2D eigenvalue weighted by molar-refractivity contribution is 0.268. The van der Waals surface area contributed by atoms with E-state index >= 15 is 0 Å². The van der Waals surface area contributed by atoms with Crippen molar-refractivity contribution in [2.75, 3.05) is 32.7 Å². The molecule has 0 radical (unpaired) electrons. The molecule has 0 unspecified atom stereocenters. The molecular formula is C16H17N3. The molecule has 1 saturated heterocycles. The van der Waals surface area contributed by atoms with Gasteiger partial charge < -0.3 is 5.32 Å². The molecule has 1 aliphatic heterocycles. The van der Waals surface area contributed by atoms with Crippen LogP contribution in [0.5, 0.6) is 0 Å². The highest BCUT2D eigenvalue weighted by Crippen LogP contribution is 2.16. The Bertz CT molecular complexity index is 613. The minimum absolute atomic E-state index is 0.846. The zero-order chi connectivity index (χ0) is 12.9. The highest BCUT2D eigenvalue weighted by molar-refractivity contribution is 5.87. The van der Waals surface area contributed by atoms with E-state index in [4.69, 9.17) is 0 Å². The zero-order valence-electron chi connectivity index (χ0n) is 10.9. The molecule has 1 fully saturated rings. The third-order valence-corrected chi connectivity index (χ3v) is 3.42. The van der Waals surface area contributed by atoms with Crippen LogP contribution in [0.2, 0.25) is 0 Å². The van der Waals surface area contributed by atoms with Gasteiger partial charge in [0.25, 0.3) is 0 Å². The number of piperazine rings is 1. The predicted octanol–water partition coefficient (Wildman–Crippen LogP) is 1.49. The second-order valence-corrected chi connectivity index (χ2v) is 4.73. The minimum atomic E-state index is 0.846. The second-order valence-electron chi connectivity index (χ2n) is 4.73. The monoisotopic (exact) mass is 251 g/mol. The molecule has 1 aromatic carbocycles. The number of pyridine rings is 1. The average Bonchev–Trinajstić information content (AvgIpc) is 2.49. The van der Waals surface area contributed by atoms with Gasteiger partial charge in [-0.15, -0.1) is 0 Å². The highest BCUT2D eigenvalue weighted by atomic mass is 15.2. The lowest BCUT2D eigenvalue weighted by Crippen LogP contribution is -2.43. The van der Waals surface area contributed by atoms with Crippen LogP contribution in [-0.4, -0.2) is 42.6 Å². The summed E-state index contributed by atoms with van der Waals surface area (Å²) in [6, 6.07) is 8.24. The van der Waals surface area contributed by atoms with E-state index in [1.807, 2.05) is 18.5 Å². The van der Waals surface area contributed by atoms with Crippen LogP contribution in [0, 0.1) is 11.8 Å². The van der Waals surface area contributed by atoms with E-state index in [2.05, 4.69) is 45.2 Å². The van der Waals surface area contributed by atoms with Gasteiger partial charge in [-0.2, -0.15) is 0 Å². The van der Waals surface area contributed by atoms with E-state index in [9.17, 15) is 0 Å². The van der Waals surface area contributed by atoms with Crippen molar-refractivity contribution >= 4 is 10.8 Å². The first-order valence-electron chi connectivity index (χ1n) is 6.68. The lowest BCUT2D eigenvalue weighted by Gasteiger charge is -2.24. The van der Waals surface area contributed by atoms with Crippen molar-refractivity contribution in [1.82, 2.24) is 15.2 Å². The maximum Gasteiger partial charge on any atom is 0.0606 e. The average molecular weight is 251 g/mol. The van der Waals surface area contributed by atoms with Crippen LogP contribution in [0.25, 0.3) is 10.8 Å². The van der Waals surface area contributed by atoms with Crippen molar-refractivity contribution < 1.29 is 0 Å². The quantitative estimate of drug-likeness (QED) is 0.778. The van der Waals surface area contributed by atoms with Crippen molar-refractivity contribution in [3.05, 3.63) is 42.2 Å². The van der Waals surface area contributed by atoms with E-state index in [1.54, 1.807) is 0 Å². The van der Waals surface area contributed by atoms with Gasteiger partial charge >= 0.3 is 0 Å². The first kappa shape index (κ1) is 12.2. The lowest BCUT2D eigenvalue weighted by atomic mass is 10.1. The van der Waals surface area contributed by atoms with Gasteiger partial charge in [-0.3, -0.25) is 9.88 Å². The van der Waals surface area contributed by atoms with Gasteiger partial charge in [0.15, 0.2) is 0 Å². The Morgan fingerprint density at radius 3 is 3.00 bits per heavy atom. The first-order chi connectivity index (χ1) is 9.43. The van der Waals surface area contributed by atoms with Crippen molar-refractivity contribution in [2.24, 2.45) is 0 Å². The molecule has 3 nitrogen and oxygen atoms in total. The van der Waals surface area contributed by atoms with Crippen LogP contribution in [-0.2, 0) is 0 Å². The summed E-state index contributed by atoms with van der Waals surface area (Å²) in [7, 11) is 0. The molecule has 2 heterocycles. The maximum absolute atomic E-state index is 4.18. The molecule has 1 N–H and O–H groups in total. The standard InChI is InChI=1S/C16H17N3/c1-3-14(16-13-18-7-6-15(16)4-1)5-2-10-19-11-8-17-9-12-19/h1,3-4,6-7,13,17H,8-12H2. The molecule has 0 amide bonds. The second kappa shape index (κ2) is 5.83. The Morgan fingerprint density at radius 2 is 2.11 bits per heavy atom. The first-order valence-corrected chi connectivity index (χ1v) is 6.68. The molecule has 1 aromatic heterocycles. The molecule has 0 atom stereocenters. The Labute approximate surface area is 113 Å². The molecule has 0 saturated carbocycles. The summed E-state index contributed by atoms with van der Waals surface area (Å²) in [5.74, 6) is 6.57. The summed E-state index contributed by atoms with van der Waals surface area (Å²) < 4.78 is 0. The van der Waals surface area contributed by atoms with Crippen molar-refractivity contribution in [3.8, 4) is 11.8 Å². The van der Waals surface area contributed by atoms with Gasteiger partial charge in [0.05, 0.1) is 6.54 Å². The fourth-order valence-electron chi connectivity index (χ4n) is 2.34. The highest BCUT2D eigenvalue weighted by Gasteiger charge is 2.06. The molecular weight excluding hydrogens is 234 g/mol. The summed E-state index contributed by atoms with van der Waals surface area (Å²) >= 11 is 0. The number of hydrogen-bond acceptors (Lipinski definition) is 3. The molecule has 3 heteroatoms. The topological polar surface area (TPSA) is 28.2 Å². The number of rotatable bonds is 1. The zero-order valence-corrected chi connectivity index (χ0v) is 10.9. The van der Waals surface area contributed by atoms with Gasteiger partial charge in [-0.05, 0) is 17.5 Å². The van der Waals surface area contributed by atoms with Crippen molar-refractivity contribution in [2.45, 2.75) is 0 Å². The number of benzene rings is 1. The van der Waals surface area contributed by atoms with Crippen LogP contribution >= 0.6 is 0 Å². The van der Waals surface area contributed by atoms with Crippen LogP contribution < -0.4 is 5.32 Å². The Morgan fingerprint density at radius 1 is 1.21 bits per heavy atom. The fraction of sp³-hybridized carbons (Fsp3) is 0.312. The molecule has 0 bridgehead atoms. The molecule has 0 aliphatic carbocycles. The molecule has 96 valence electrons. The number of nitrogens with zero attached hydrogens (tertiary/aromatic N) is 2. The Hall–Kier alpha value is -1.89. The number of aromatic nitrogens is 1. The summed E-state index contributed by atoms with van der Waals surface area (Å²) in [4.78, 5) is 6.57. The van der Waals surface area contributed by atoms with Crippen LogP contribution in [0.3, 0.4) is 0 Å². The largest absolute Gasteiger partial charge is 0.314 e. The summed E-state index contributed by atoms with van der Waals surface area (Å²) in [5, 5.41) is 5.68. The summed E-state index contributed by atoms with van der Waals surface area (Å²) in [5.41, 5.74) is 1.07. The van der Waals surface area contributed by atoms with E-state index in [0.717, 1.165) is 43.7 Å². The van der Waals surface area contributed by atoms with E-state index < -0.39 is 0 Å². The smallest absolute Gasteiger partial charge is 0.0606 e. The van der Waals surface area contributed by atoms with Crippen molar-refractivity contribution in [3.63, 3.8) is 0 Å². The number of hydrogen-bond donors (Lipinski definition) is 1. The number of fused-ring (bicyclic) bond motifs is 1. The van der Waals surface area contributed by atoms with Crippen LogP contribution in [0.4, 0.5) is 0 Å². The van der Waals surface area contributed by atoms with Gasteiger partial charge in [0.1, 0.15) is 0 Å². The summed E-state index contributed by atoms with van der Waals surface area (Å²) in [6.07, 6.45) is 3.71. The SMILES string of the molecule is C(#Cc1cccc2ccncc12)CN1CCNCC1. The third kappa shape index (κ3) is 2.93. The van der Waals surface area contributed by atoms with Gasteiger partial charge in [-0.1, -0.05) is 24.0 Å². The molecule has 3 rings (SSSR count). The molecule has 19 heavy (non-hydrogen) atoms. The summed E-state index contributed by atoms with van der Waals surface area (Å²) in [6.45, 7) is 5.16. The fourth-order valence-corrected chi connectivity index (χ4v) is 2.34. The van der Waals surface area contributed by atoms with Crippen LogP contribution in [0.15, 0.2) is 36.7 Å². The predicted molar refractivity (Wildman–Crippen MR) is 77.9 cm³/mol. The van der Waals surface area contributed by atoms with Crippen molar-refractivity contribution in [1.29, 1.82) is 0 Å². The van der Waals surface area contributed by atoms with Crippen LogP contribution in [0.1, 0.15) is 5.56 Å². The van der Waals surface area contributed by atoms with Gasteiger partial charge in [-0.25, -0.2) is 0 Å². The minimum Gasteiger partial charge on any atom is -0.314 e. The molecule has 2 aromatic rings.